The molecule has 0 aliphatic rings. The molecule has 0 spiro atoms. The number of methoxy groups -OCH3 is 2. The normalized spacial score (nSPS) is 13.0. The molecule has 9 aromatic carbocycles. The zero-order chi connectivity index (χ0) is 62.4. The highest BCUT2D eigenvalue weighted by Crippen LogP contribution is 2.53. The zero-order valence-electron chi connectivity index (χ0n) is 55.1. The van der Waals surface area contributed by atoms with Gasteiger partial charge >= 0.3 is 0 Å². The van der Waals surface area contributed by atoms with Gasteiger partial charge in [-0.25, -0.2) is 0 Å². The first kappa shape index (κ1) is 58.8. The number of ether oxygens (including phenoxy) is 2. The Morgan fingerprint density at radius 1 is 0.287 bits per heavy atom. The van der Waals surface area contributed by atoms with Crippen LogP contribution in [0.5, 0.6) is 11.5 Å². The van der Waals surface area contributed by atoms with Gasteiger partial charge < -0.3 is 23.2 Å². The molecule has 0 aliphatic heterocycles. The van der Waals surface area contributed by atoms with Crippen LogP contribution in [0.2, 0.25) is 0 Å². The van der Waals surface area contributed by atoms with Crippen molar-refractivity contribution in [2.45, 2.75) is 157 Å². The number of nitrogens with zero attached hydrogens (tertiary/aromatic N) is 4. The van der Waals surface area contributed by atoms with Crippen molar-refractivity contribution < 1.29 is 9.47 Å². The number of benzene rings is 9. The third-order valence-electron chi connectivity index (χ3n) is 18.5. The van der Waals surface area contributed by atoms with Gasteiger partial charge in [0.05, 0.1) is 69.9 Å². The highest BCUT2D eigenvalue weighted by atomic mass is 16.5. The molecule has 0 saturated carbocycles. The van der Waals surface area contributed by atoms with Crippen LogP contribution in [-0.4, -0.2) is 27.9 Å². The van der Waals surface area contributed by atoms with E-state index in [9.17, 15) is 5.26 Å². The fraction of sp³-hybridized carbons (Fsp3) is 0.321. The van der Waals surface area contributed by atoms with Crippen LogP contribution in [-0.2, 0) is 32.5 Å². The van der Waals surface area contributed by atoms with Gasteiger partial charge in [-0.3, -0.25) is 0 Å². The largest absolute Gasteiger partial charge is 0.497 e. The molecule has 0 atom stereocenters. The first-order chi connectivity index (χ1) is 40.8. The van der Waals surface area contributed by atoms with Gasteiger partial charge in [0.2, 0.25) is 0 Å². The average molecular weight is 1150 g/mol. The predicted octanol–water partition coefficient (Wildman–Crippen LogP) is 22.0. The standard InChI is InChI=1S/C81H86N4O2/c1-76(2,3)50-25-35-65-58(41-50)59-42-51(77(4,5)6)26-36-66(59)83(65)73-64(47-82)71(48-21-31-56(86-19)32-22-48)74(84-67-37-27-52(78(7,8)9)43-60(67)61-44-53(79(10,11)12)28-38-68(61)84)72(49-23-33-57(87-20)34-24-49)75(73)85-69-39-29-54(80(13,14)15)45-62(69)63-46-55(81(16,17)18)30-40-70(63)85/h21-46H,1-20H3. The fourth-order valence-electron chi connectivity index (χ4n) is 13.1. The third kappa shape index (κ3) is 9.87. The Morgan fingerprint density at radius 2 is 0.517 bits per heavy atom. The first-order valence-corrected chi connectivity index (χ1v) is 31.0. The summed E-state index contributed by atoms with van der Waals surface area (Å²) in [6.45, 7) is 41.3. The summed E-state index contributed by atoms with van der Waals surface area (Å²) in [5, 5.41) is 19.9. The Morgan fingerprint density at radius 3 is 0.747 bits per heavy atom. The molecule has 0 saturated heterocycles. The summed E-state index contributed by atoms with van der Waals surface area (Å²) in [5.41, 5.74) is 19.6. The van der Waals surface area contributed by atoms with Gasteiger partial charge in [-0.15, -0.1) is 0 Å². The molecule has 0 N–H and O–H groups in total. The lowest BCUT2D eigenvalue weighted by Crippen LogP contribution is -2.15. The molecule has 6 heteroatoms. The molecule has 0 radical (unpaired) electrons. The molecule has 442 valence electrons. The second kappa shape index (κ2) is 20.3. The van der Waals surface area contributed by atoms with Crippen LogP contribution >= 0.6 is 0 Å². The number of rotatable bonds is 7. The lowest BCUT2D eigenvalue weighted by atomic mass is 9.85. The topological polar surface area (TPSA) is 57.0 Å². The van der Waals surface area contributed by atoms with E-state index in [-0.39, 0.29) is 32.5 Å². The Bertz CT molecular complexity index is 4580. The average Bonchev–Trinajstić information content (AvgIpc) is 1.66. The van der Waals surface area contributed by atoms with E-state index in [2.05, 4.69) is 290 Å². The summed E-state index contributed by atoms with van der Waals surface area (Å²) in [6, 6.07) is 62.4. The van der Waals surface area contributed by atoms with Crippen molar-refractivity contribution in [2.75, 3.05) is 14.2 Å². The zero-order valence-corrected chi connectivity index (χ0v) is 55.1. The Hall–Kier alpha value is -8.53. The number of hydrogen-bond donors (Lipinski definition) is 0. The molecule has 6 nitrogen and oxygen atoms in total. The number of hydrogen-bond acceptors (Lipinski definition) is 3. The monoisotopic (exact) mass is 1150 g/mol. The summed E-state index contributed by atoms with van der Waals surface area (Å²) in [5.74, 6) is 1.48. The number of fused-ring (bicyclic) bond motifs is 9. The van der Waals surface area contributed by atoms with Crippen molar-refractivity contribution in [3.8, 4) is 56.9 Å². The van der Waals surface area contributed by atoms with Crippen LogP contribution in [0.15, 0.2) is 158 Å². The van der Waals surface area contributed by atoms with Gasteiger partial charge in [0.15, 0.2) is 0 Å². The molecule has 0 unspecified atom stereocenters. The van der Waals surface area contributed by atoms with Crippen molar-refractivity contribution in [3.63, 3.8) is 0 Å². The van der Waals surface area contributed by atoms with Crippen molar-refractivity contribution in [3.05, 3.63) is 197 Å². The highest BCUT2D eigenvalue weighted by Gasteiger charge is 2.36. The maximum Gasteiger partial charge on any atom is 0.118 e. The maximum atomic E-state index is 13.0. The molecule has 87 heavy (non-hydrogen) atoms. The number of aromatic nitrogens is 3. The summed E-state index contributed by atoms with van der Waals surface area (Å²) in [4.78, 5) is 0. The van der Waals surface area contributed by atoms with Crippen LogP contribution in [0.4, 0.5) is 0 Å². The molecular formula is C81H86N4O2. The van der Waals surface area contributed by atoms with Gasteiger partial charge in [-0.05, 0) is 174 Å². The Balaban J connectivity index is 1.44. The van der Waals surface area contributed by atoms with E-state index in [1.807, 2.05) is 12.1 Å². The first-order valence-electron chi connectivity index (χ1n) is 31.0. The minimum Gasteiger partial charge on any atom is -0.497 e. The molecule has 0 amide bonds. The lowest BCUT2D eigenvalue weighted by molar-refractivity contribution is 0.415. The van der Waals surface area contributed by atoms with E-state index in [0.29, 0.717) is 5.56 Å². The summed E-state index contributed by atoms with van der Waals surface area (Å²) in [7, 11) is 3.45. The smallest absolute Gasteiger partial charge is 0.118 e. The van der Waals surface area contributed by atoms with Gasteiger partial charge in [0.1, 0.15) is 17.6 Å². The molecule has 0 fully saturated rings. The Labute approximate surface area is 516 Å². The van der Waals surface area contributed by atoms with E-state index in [0.717, 1.165) is 116 Å². The Kier molecular flexibility index (Phi) is 13.7. The number of nitriles is 1. The van der Waals surface area contributed by atoms with E-state index in [4.69, 9.17) is 9.47 Å². The van der Waals surface area contributed by atoms with Gasteiger partial charge in [-0.1, -0.05) is 185 Å². The van der Waals surface area contributed by atoms with Crippen LogP contribution in [0, 0.1) is 11.3 Å². The highest BCUT2D eigenvalue weighted by molar-refractivity contribution is 6.17. The molecule has 0 aliphatic carbocycles. The SMILES string of the molecule is COc1ccc(-c2c(C#N)c(-n3c4ccc(C(C)(C)C)cc4c4cc(C(C)(C)C)ccc43)c(-n3c4ccc(C(C)(C)C)cc4c4cc(C(C)(C)C)ccc43)c(-c3ccc(OC)cc3)c2-n2c3ccc(C(C)(C)C)cc3c3cc(C(C)(C)C)ccc32)cc1. The van der Waals surface area contributed by atoms with Crippen LogP contribution in [0.1, 0.15) is 164 Å². The summed E-state index contributed by atoms with van der Waals surface area (Å²) < 4.78 is 19.4. The lowest BCUT2D eigenvalue weighted by Gasteiger charge is -2.29. The van der Waals surface area contributed by atoms with Gasteiger partial charge in [0, 0.05) is 43.4 Å². The predicted molar refractivity (Wildman–Crippen MR) is 370 cm³/mol. The van der Waals surface area contributed by atoms with E-state index in [1.165, 1.54) is 33.4 Å². The van der Waals surface area contributed by atoms with Crippen LogP contribution < -0.4 is 9.47 Å². The minimum atomic E-state index is -0.137. The second-order valence-corrected chi connectivity index (χ2v) is 30.6. The van der Waals surface area contributed by atoms with Crippen molar-refractivity contribution in [2.24, 2.45) is 0 Å². The van der Waals surface area contributed by atoms with E-state index in [1.54, 1.807) is 14.2 Å². The quantitative estimate of drug-likeness (QED) is 0.160. The fourth-order valence-corrected chi connectivity index (χ4v) is 13.1. The summed E-state index contributed by atoms with van der Waals surface area (Å²) >= 11 is 0. The molecule has 3 heterocycles. The summed E-state index contributed by atoms with van der Waals surface area (Å²) in [6.07, 6.45) is 0. The van der Waals surface area contributed by atoms with E-state index >= 15 is 0 Å². The third-order valence-corrected chi connectivity index (χ3v) is 18.5. The van der Waals surface area contributed by atoms with Gasteiger partial charge in [-0.2, -0.15) is 5.26 Å². The van der Waals surface area contributed by atoms with E-state index < -0.39 is 0 Å². The molecule has 12 rings (SSSR count). The van der Waals surface area contributed by atoms with Crippen molar-refractivity contribution >= 4 is 65.4 Å². The van der Waals surface area contributed by atoms with Gasteiger partial charge in [0.25, 0.3) is 0 Å². The van der Waals surface area contributed by atoms with Crippen molar-refractivity contribution in [1.82, 2.24) is 13.7 Å². The minimum absolute atomic E-state index is 0.130. The van der Waals surface area contributed by atoms with Crippen LogP contribution in [0.25, 0.3) is 105 Å². The molecular weight excluding hydrogens is 1060 g/mol. The molecule has 0 bridgehead atoms. The molecule has 3 aromatic heterocycles. The second-order valence-electron chi connectivity index (χ2n) is 30.6. The van der Waals surface area contributed by atoms with Crippen molar-refractivity contribution in [1.29, 1.82) is 5.26 Å². The molecule has 12 aromatic rings. The maximum absolute atomic E-state index is 13.0. The van der Waals surface area contributed by atoms with Crippen LogP contribution in [0.3, 0.4) is 0 Å².